The lowest BCUT2D eigenvalue weighted by Crippen LogP contribution is -2.43. The van der Waals surface area contributed by atoms with Gasteiger partial charge in [-0.2, -0.15) is 4.98 Å². The molecule has 0 radical (unpaired) electrons. The van der Waals surface area contributed by atoms with Crippen molar-refractivity contribution in [3.8, 4) is 11.4 Å². The van der Waals surface area contributed by atoms with Crippen LogP contribution in [0.5, 0.6) is 0 Å². The van der Waals surface area contributed by atoms with E-state index >= 15 is 0 Å². The second-order valence-corrected chi connectivity index (χ2v) is 6.39. The van der Waals surface area contributed by atoms with Crippen molar-refractivity contribution in [1.82, 2.24) is 20.4 Å². The van der Waals surface area contributed by atoms with Crippen molar-refractivity contribution in [3.63, 3.8) is 0 Å². The summed E-state index contributed by atoms with van der Waals surface area (Å²) in [5.74, 6) is 1.02. The summed E-state index contributed by atoms with van der Waals surface area (Å²) in [5.41, 5.74) is 0.910. The lowest BCUT2D eigenvalue weighted by molar-refractivity contribution is 0.0710. The number of hydrogen-bond donors (Lipinski definition) is 1. The molecule has 134 valence electrons. The Kier molecular flexibility index (Phi) is 5.65. The number of carbonyl (C=O) groups excluding carboxylic acids is 1. The first kappa shape index (κ1) is 17.4. The molecule has 0 aliphatic carbocycles. The smallest absolute Gasteiger partial charge is 0.317 e. The van der Waals surface area contributed by atoms with Crippen LogP contribution in [-0.4, -0.2) is 53.4 Å². The minimum absolute atomic E-state index is 0.0606. The third-order valence-electron chi connectivity index (χ3n) is 4.19. The number of rotatable bonds is 4. The molecule has 3 rings (SSSR count). The molecule has 1 aliphatic heterocycles. The summed E-state index contributed by atoms with van der Waals surface area (Å²) in [6.45, 7) is 6.41. The average molecular weight is 344 g/mol. The van der Waals surface area contributed by atoms with Crippen molar-refractivity contribution in [1.29, 1.82) is 0 Å². The van der Waals surface area contributed by atoms with Crippen LogP contribution in [0.1, 0.15) is 32.1 Å². The Morgan fingerprint density at radius 2 is 2.20 bits per heavy atom. The molecule has 7 nitrogen and oxygen atoms in total. The van der Waals surface area contributed by atoms with Crippen LogP contribution in [0.25, 0.3) is 11.4 Å². The lowest BCUT2D eigenvalue weighted by Gasteiger charge is -2.23. The molecule has 25 heavy (non-hydrogen) atoms. The first-order valence-electron chi connectivity index (χ1n) is 8.67. The van der Waals surface area contributed by atoms with Crippen LogP contribution in [0.3, 0.4) is 0 Å². The molecule has 1 saturated heterocycles. The Hall–Kier alpha value is -2.41. The number of aromatic nitrogens is 2. The normalized spacial score (nSPS) is 19.3. The number of carbonyl (C=O) groups is 1. The van der Waals surface area contributed by atoms with E-state index in [2.05, 4.69) is 15.5 Å². The fraction of sp³-hybridized carbons (Fsp3) is 0.500. The third kappa shape index (κ3) is 4.57. The minimum Gasteiger partial charge on any atom is -0.377 e. The van der Waals surface area contributed by atoms with Crippen molar-refractivity contribution in [2.45, 2.75) is 32.3 Å². The molecule has 2 aromatic rings. The van der Waals surface area contributed by atoms with E-state index in [-0.39, 0.29) is 18.1 Å². The molecule has 1 aliphatic rings. The SMILES string of the molecule is C[C@@H]1CN(C(=O)NC[C@@H](C)c2nc(-c3ccccc3)no2)CCCO1. The molecule has 7 heteroatoms. The topological polar surface area (TPSA) is 80.5 Å². The van der Waals surface area contributed by atoms with E-state index in [0.29, 0.717) is 38.0 Å². The summed E-state index contributed by atoms with van der Waals surface area (Å²) in [4.78, 5) is 18.6. The van der Waals surface area contributed by atoms with Crippen molar-refractivity contribution in [3.05, 3.63) is 36.2 Å². The Morgan fingerprint density at radius 3 is 3.00 bits per heavy atom. The second-order valence-electron chi connectivity index (χ2n) is 6.39. The van der Waals surface area contributed by atoms with Gasteiger partial charge in [-0.05, 0) is 13.3 Å². The van der Waals surface area contributed by atoms with Gasteiger partial charge in [-0.1, -0.05) is 42.4 Å². The van der Waals surface area contributed by atoms with E-state index in [0.717, 1.165) is 12.0 Å². The molecule has 0 bridgehead atoms. The average Bonchev–Trinajstić information content (AvgIpc) is 3.03. The zero-order valence-electron chi connectivity index (χ0n) is 14.6. The molecule has 0 unspecified atom stereocenters. The molecular weight excluding hydrogens is 320 g/mol. The van der Waals surface area contributed by atoms with E-state index in [1.54, 1.807) is 4.90 Å². The molecule has 1 fully saturated rings. The van der Waals surface area contributed by atoms with Crippen LogP contribution in [0.15, 0.2) is 34.9 Å². The van der Waals surface area contributed by atoms with Gasteiger partial charge in [0.25, 0.3) is 0 Å². The van der Waals surface area contributed by atoms with Crippen molar-refractivity contribution >= 4 is 6.03 Å². The van der Waals surface area contributed by atoms with Gasteiger partial charge in [0, 0.05) is 31.8 Å². The first-order chi connectivity index (χ1) is 12.1. The number of nitrogens with one attached hydrogen (secondary N) is 1. The van der Waals surface area contributed by atoms with Crippen LogP contribution in [0.2, 0.25) is 0 Å². The Bertz CT molecular complexity index is 689. The first-order valence-corrected chi connectivity index (χ1v) is 8.67. The summed E-state index contributed by atoms with van der Waals surface area (Å²) < 4.78 is 10.9. The number of urea groups is 1. The molecule has 1 aromatic heterocycles. The summed E-state index contributed by atoms with van der Waals surface area (Å²) in [5, 5.41) is 6.97. The van der Waals surface area contributed by atoms with Crippen LogP contribution in [0, 0.1) is 0 Å². The van der Waals surface area contributed by atoms with Crippen molar-refractivity contribution in [2.24, 2.45) is 0 Å². The van der Waals surface area contributed by atoms with Crippen molar-refractivity contribution < 1.29 is 14.1 Å². The molecule has 2 atom stereocenters. The van der Waals surface area contributed by atoms with Crippen LogP contribution in [0.4, 0.5) is 4.79 Å². The number of amides is 2. The highest BCUT2D eigenvalue weighted by Crippen LogP contribution is 2.19. The predicted molar refractivity (Wildman–Crippen MR) is 93.2 cm³/mol. The maximum absolute atomic E-state index is 12.4. The molecule has 2 heterocycles. The summed E-state index contributed by atoms with van der Waals surface area (Å²) >= 11 is 0. The third-order valence-corrected chi connectivity index (χ3v) is 4.19. The zero-order valence-corrected chi connectivity index (χ0v) is 14.6. The Labute approximate surface area is 147 Å². The number of hydrogen-bond acceptors (Lipinski definition) is 5. The van der Waals surface area contributed by atoms with Gasteiger partial charge in [0.05, 0.1) is 12.0 Å². The highest BCUT2D eigenvalue weighted by atomic mass is 16.5. The quantitative estimate of drug-likeness (QED) is 0.922. The highest BCUT2D eigenvalue weighted by Gasteiger charge is 2.21. The van der Waals surface area contributed by atoms with Crippen LogP contribution < -0.4 is 5.32 Å². The predicted octanol–water partition coefficient (Wildman–Crippen LogP) is 2.66. The standard InChI is InChI=1S/C18H24N4O3/c1-13(11-19-18(23)22-9-6-10-24-14(2)12-22)17-20-16(21-25-17)15-7-4-3-5-8-15/h3-5,7-8,13-14H,6,9-12H2,1-2H3,(H,19,23)/t13-,14-/m1/s1. The van der Waals surface area contributed by atoms with E-state index in [9.17, 15) is 4.79 Å². The summed E-state index contributed by atoms with van der Waals surface area (Å²) in [6, 6.07) is 9.60. The molecule has 0 spiro atoms. The van der Waals surface area contributed by atoms with E-state index < -0.39 is 0 Å². The van der Waals surface area contributed by atoms with Crippen molar-refractivity contribution in [2.75, 3.05) is 26.2 Å². The van der Waals surface area contributed by atoms with Gasteiger partial charge in [-0.15, -0.1) is 0 Å². The minimum atomic E-state index is -0.0769. The Balaban J connectivity index is 1.55. The van der Waals surface area contributed by atoms with E-state index in [4.69, 9.17) is 9.26 Å². The molecule has 0 saturated carbocycles. The van der Waals surface area contributed by atoms with Gasteiger partial charge >= 0.3 is 6.03 Å². The summed E-state index contributed by atoms with van der Waals surface area (Å²) in [7, 11) is 0. The van der Waals surface area contributed by atoms with Gasteiger partial charge in [0.1, 0.15) is 0 Å². The molecule has 1 aromatic carbocycles. The number of benzene rings is 1. The molecule has 1 N–H and O–H groups in total. The van der Waals surface area contributed by atoms with E-state index in [1.165, 1.54) is 0 Å². The highest BCUT2D eigenvalue weighted by molar-refractivity contribution is 5.74. The van der Waals surface area contributed by atoms with Gasteiger partial charge in [-0.3, -0.25) is 0 Å². The fourth-order valence-electron chi connectivity index (χ4n) is 2.76. The largest absolute Gasteiger partial charge is 0.377 e. The number of nitrogens with zero attached hydrogens (tertiary/aromatic N) is 3. The Morgan fingerprint density at radius 1 is 1.40 bits per heavy atom. The molecular formula is C18H24N4O3. The second kappa shape index (κ2) is 8.11. The lowest BCUT2D eigenvalue weighted by atomic mass is 10.2. The molecule has 2 amide bonds. The van der Waals surface area contributed by atoms with Gasteiger partial charge < -0.3 is 19.5 Å². The fourth-order valence-corrected chi connectivity index (χ4v) is 2.76. The van der Waals surface area contributed by atoms with E-state index in [1.807, 2.05) is 44.2 Å². The van der Waals surface area contributed by atoms with Gasteiger partial charge in [0.15, 0.2) is 0 Å². The van der Waals surface area contributed by atoms with Crippen LogP contribution >= 0.6 is 0 Å². The van der Waals surface area contributed by atoms with Crippen LogP contribution in [-0.2, 0) is 4.74 Å². The van der Waals surface area contributed by atoms with Gasteiger partial charge in [0.2, 0.25) is 11.7 Å². The van der Waals surface area contributed by atoms with Gasteiger partial charge in [-0.25, -0.2) is 4.79 Å². The number of ether oxygens (including phenoxy) is 1. The summed E-state index contributed by atoms with van der Waals surface area (Å²) in [6.07, 6.45) is 0.923. The maximum Gasteiger partial charge on any atom is 0.317 e. The monoisotopic (exact) mass is 344 g/mol. The zero-order chi connectivity index (χ0) is 17.6. The maximum atomic E-state index is 12.4.